The predicted octanol–water partition coefficient (Wildman–Crippen LogP) is 1.66. The van der Waals surface area contributed by atoms with E-state index in [9.17, 15) is 17.6 Å². The Kier molecular flexibility index (Phi) is 5.17. The van der Waals surface area contributed by atoms with Gasteiger partial charge in [0.05, 0.1) is 24.2 Å². The Balaban J connectivity index is 2.03. The van der Waals surface area contributed by atoms with E-state index in [4.69, 9.17) is 4.42 Å². The number of furan rings is 1. The van der Waals surface area contributed by atoms with E-state index in [0.717, 1.165) is 16.4 Å². The fourth-order valence-corrected chi connectivity index (χ4v) is 3.34. The van der Waals surface area contributed by atoms with E-state index in [1.165, 1.54) is 26.3 Å². The molecule has 8 heteroatoms. The fraction of sp³-hybridized carbons (Fsp3) is 0.267. The molecule has 0 aliphatic heterocycles. The van der Waals surface area contributed by atoms with Crippen molar-refractivity contribution in [2.75, 3.05) is 13.6 Å². The number of halogens is 1. The highest BCUT2D eigenvalue weighted by atomic mass is 32.2. The third kappa shape index (κ3) is 4.17. The van der Waals surface area contributed by atoms with Crippen molar-refractivity contribution in [3.8, 4) is 0 Å². The summed E-state index contributed by atoms with van der Waals surface area (Å²) in [5.41, 5.74) is 0.285. The number of hydrogen-bond donors (Lipinski definition) is 1. The van der Waals surface area contributed by atoms with Crippen molar-refractivity contribution in [3.63, 3.8) is 0 Å². The van der Waals surface area contributed by atoms with Crippen LogP contribution >= 0.6 is 0 Å². The van der Waals surface area contributed by atoms with E-state index in [-0.39, 0.29) is 23.5 Å². The molecule has 0 aliphatic carbocycles. The molecule has 1 aromatic heterocycles. The zero-order valence-corrected chi connectivity index (χ0v) is 13.6. The second-order valence-electron chi connectivity index (χ2n) is 5.03. The molecule has 0 atom stereocenters. The SMILES string of the molecule is Cc1cc(F)ccc1S(=O)(=O)N(C)CC(=O)NCc1ccco1. The lowest BCUT2D eigenvalue weighted by molar-refractivity contribution is -0.121. The van der Waals surface area contributed by atoms with Crippen LogP contribution in [0.4, 0.5) is 4.39 Å². The van der Waals surface area contributed by atoms with Crippen molar-refractivity contribution in [1.29, 1.82) is 0 Å². The monoisotopic (exact) mass is 340 g/mol. The molecule has 6 nitrogen and oxygen atoms in total. The van der Waals surface area contributed by atoms with Crippen LogP contribution in [0.15, 0.2) is 45.9 Å². The number of carbonyl (C=O) groups is 1. The molecule has 0 saturated heterocycles. The van der Waals surface area contributed by atoms with Gasteiger partial charge in [-0.25, -0.2) is 12.8 Å². The first-order valence-electron chi connectivity index (χ1n) is 6.82. The minimum atomic E-state index is -3.87. The molecule has 0 aliphatic rings. The van der Waals surface area contributed by atoms with Crippen molar-refractivity contribution in [1.82, 2.24) is 9.62 Å². The van der Waals surface area contributed by atoms with Crippen molar-refractivity contribution < 1.29 is 22.0 Å². The molecular weight excluding hydrogens is 323 g/mol. The van der Waals surface area contributed by atoms with Crippen LogP contribution in [0, 0.1) is 12.7 Å². The predicted molar refractivity (Wildman–Crippen MR) is 81.5 cm³/mol. The number of benzene rings is 1. The Morgan fingerprint density at radius 1 is 1.35 bits per heavy atom. The van der Waals surface area contributed by atoms with Gasteiger partial charge in [0.2, 0.25) is 15.9 Å². The molecule has 2 aromatic rings. The van der Waals surface area contributed by atoms with Crippen molar-refractivity contribution in [2.24, 2.45) is 0 Å². The Labute approximate surface area is 134 Å². The maximum Gasteiger partial charge on any atom is 0.243 e. The minimum absolute atomic E-state index is 0.0276. The molecule has 1 heterocycles. The maximum absolute atomic E-state index is 13.1. The fourth-order valence-electron chi connectivity index (χ4n) is 2.01. The molecule has 0 spiro atoms. The first-order chi connectivity index (χ1) is 10.8. The van der Waals surface area contributed by atoms with Crippen LogP contribution in [0.3, 0.4) is 0 Å². The summed E-state index contributed by atoms with van der Waals surface area (Å²) in [6.45, 7) is 1.33. The van der Waals surface area contributed by atoms with E-state index in [1.807, 2.05) is 0 Å². The summed E-state index contributed by atoms with van der Waals surface area (Å²) < 4.78 is 44.0. The molecule has 1 amide bonds. The van der Waals surface area contributed by atoms with Gasteiger partial charge in [0.1, 0.15) is 11.6 Å². The number of carbonyl (C=O) groups excluding carboxylic acids is 1. The Morgan fingerprint density at radius 2 is 2.09 bits per heavy atom. The summed E-state index contributed by atoms with van der Waals surface area (Å²) >= 11 is 0. The smallest absolute Gasteiger partial charge is 0.243 e. The van der Waals surface area contributed by atoms with Gasteiger partial charge in [0, 0.05) is 7.05 Å². The van der Waals surface area contributed by atoms with Gasteiger partial charge in [-0.15, -0.1) is 0 Å². The van der Waals surface area contributed by atoms with Gasteiger partial charge in [-0.1, -0.05) is 0 Å². The summed E-state index contributed by atoms with van der Waals surface area (Å²) in [5.74, 6) is -0.411. The van der Waals surface area contributed by atoms with E-state index < -0.39 is 21.7 Å². The average Bonchev–Trinajstić information content (AvgIpc) is 2.97. The first kappa shape index (κ1) is 17.2. The molecule has 0 fully saturated rings. The number of aryl methyl sites for hydroxylation is 1. The lowest BCUT2D eigenvalue weighted by Crippen LogP contribution is -2.38. The van der Waals surface area contributed by atoms with Gasteiger partial charge in [-0.05, 0) is 42.8 Å². The number of nitrogens with zero attached hydrogens (tertiary/aromatic N) is 1. The zero-order valence-electron chi connectivity index (χ0n) is 12.7. The van der Waals surface area contributed by atoms with Crippen molar-refractivity contribution in [2.45, 2.75) is 18.4 Å². The Bertz CT molecular complexity index is 788. The summed E-state index contributed by atoms with van der Waals surface area (Å²) in [7, 11) is -2.57. The summed E-state index contributed by atoms with van der Waals surface area (Å²) in [6.07, 6.45) is 1.48. The number of sulfonamides is 1. The maximum atomic E-state index is 13.1. The zero-order chi connectivity index (χ0) is 17.0. The largest absolute Gasteiger partial charge is 0.467 e. The van der Waals surface area contributed by atoms with Gasteiger partial charge in [-0.3, -0.25) is 4.79 Å². The standard InChI is InChI=1S/C15H17FN2O4S/c1-11-8-12(16)5-6-14(11)23(20,21)18(2)10-15(19)17-9-13-4-3-7-22-13/h3-8H,9-10H2,1-2H3,(H,17,19). The Morgan fingerprint density at radius 3 is 2.70 bits per heavy atom. The van der Waals surface area contributed by atoms with E-state index in [0.29, 0.717) is 5.76 Å². The van der Waals surface area contributed by atoms with E-state index in [1.54, 1.807) is 12.1 Å². The summed E-state index contributed by atoms with van der Waals surface area (Å²) in [6, 6.07) is 6.79. The molecule has 2 rings (SSSR count). The van der Waals surface area contributed by atoms with Gasteiger partial charge < -0.3 is 9.73 Å². The van der Waals surface area contributed by atoms with Crippen LogP contribution < -0.4 is 5.32 Å². The van der Waals surface area contributed by atoms with Gasteiger partial charge >= 0.3 is 0 Å². The molecule has 0 unspecified atom stereocenters. The molecule has 1 N–H and O–H groups in total. The van der Waals surface area contributed by atoms with Crippen LogP contribution in [-0.2, 0) is 21.4 Å². The lowest BCUT2D eigenvalue weighted by atomic mass is 10.2. The van der Waals surface area contributed by atoms with Crippen LogP contribution in [0.1, 0.15) is 11.3 Å². The lowest BCUT2D eigenvalue weighted by Gasteiger charge is -2.18. The van der Waals surface area contributed by atoms with E-state index >= 15 is 0 Å². The van der Waals surface area contributed by atoms with Crippen LogP contribution in [0.2, 0.25) is 0 Å². The average molecular weight is 340 g/mol. The van der Waals surface area contributed by atoms with Crippen LogP contribution in [-0.4, -0.2) is 32.2 Å². The van der Waals surface area contributed by atoms with Crippen molar-refractivity contribution in [3.05, 3.63) is 53.7 Å². The molecule has 0 saturated carbocycles. The normalized spacial score (nSPS) is 11.7. The molecule has 124 valence electrons. The van der Waals surface area contributed by atoms with E-state index in [2.05, 4.69) is 5.32 Å². The second kappa shape index (κ2) is 6.93. The number of rotatable bonds is 6. The molecular formula is C15H17FN2O4S. The topological polar surface area (TPSA) is 79.6 Å². The second-order valence-corrected chi connectivity index (χ2v) is 7.04. The van der Waals surface area contributed by atoms with Gasteiger partial charge in [-0.2, -0.15) is 4.31 Å². The van der Waals surface area contributed by atoms with Crippen LogP contribution in [0.25, 0.3) is 0 Å². The molecule has 1 aromatic carbocycles. The quantitative estimate of drug-likeness (QED) is 0.867. The summed E-state index contributed by atoms with van der Waals surface area (Å²) in [5, 5.41) is 2.56. The highest BCUT2D eigenvalue weighted by Gasteiger charge is 2.24. The number of nitrogens with one attached hydrogen (secondary N) is 1. The summed E-state index contributed by atoms with van der Waals surface area (Å²) in [4.78, 5) is 11.8. The number of likely N-dealkylation sites (N-methyl/N-ethyl adjacent to an activating group) is 1. The molecule has 0 bridgehead atoms. The Hall–Kier alpha value is -2.19. The highest BCUT2D eigenvalue weighted by molar-refractivity contribution is 7.89. The number of amides is 1. The van der Waals surface area contributed by atoms with Gasteiger partial charge in [0.25, 0.3) is 0 Å². The third-order valence-electron chi connectivity index (χ3n) is 3.23. The van der Waals surface area contributed by atoms with Crippen LogP contribution in [0.5, 0.6) is 0 Å². The first-order valence-corrected chi connectivity index (χ1v) is 8.26. The molecule has 0 radical (unpaired) electrons. The minimum Gasteiger partial charge on any atom is -0.467 e. The molecule has 23 heavy (non-hydrogen) atoms. The number of hydrogen-bond acceptors (Lipinski definition) is 4. The van der Waals surface area contributed by atoms with Gasteiger partial charge in [0.15, 0.2) is 0 Å². The highest BCUT2D eigenvalue weighted by Crippen LogP contribution is 2.19. The van der Waals surface area contributed by atoms with Crippen molar-refractivity contribution >= 4 is 15.9 Å². The third-order valence-corrected chi connectivity index (χ3v) is 5.19.